The van der Waals surface area contributed by atoms with Gasteiger partial charge in [-0.1, -0.05) is 60.1 Å². The van der Waals surface area contributed by atoms with Crippen LogP contribution >= 0.6 is 11.6 Å². The minimum Gasteiger partial charge on any atom is -0.481 e. The Labute approximate surface area is 196 Å². The van der Waals surface area contributed by atoms with Gasteiger partial charge in [0.25, 0.3) is 0 Å². The second kappa shape index (κ2) is 7.72. The number of ether oxygens (including phenoxy) is 2. The molecule has 2 aliphatic rings. The van der Waals surface area contributed by atoms with Crippen molar-refractivity contribution >= 4 is 11.6 Å². The van der Waals surface area contributed by atoms with Crippen molar-refractivity contribution in [1.29, 1.82) is 5.26 Å². The summed E-state index contributed by atoms with van der Waals surface area (Å²) < 4.78 is 12.1. The zero-order chi connectivity index (χ0) is 23.4. The summed E-state index contributed by atoms with van der Waals surface area (Å²) >= 11 is 6.22. The average Bonchev–Trinajstić information content (AvgIpc) is 3.21. The van der Waals surface area contributed by atoms with Crippen LogP contribution in [0.4, 0.5) is 0 Å². The largest absolute Gasteiger partial charge is 0.481 e. The summed E-state index contributed by atoms with van der Waals surface area (Å²) in [5.74, 6) is -0.927. The number of hydrogen-bond acceptors (Lipinski definition) is 7. The van der Waals surface area contributed by atoms with Crippen molar-refractivity contribution in [2.24, 2.45) is 11.7 Å². The number of hydrogen-bond donors (Lipinski definition) is 3. The predicted molar refractivity (Wildman–Crippen MR) is 121 cm³/mol. The second-order valence-corrected chi connectivity index (χ2v) is 8.71. The summed E-state index contributed by atoms with van der Waals surface area (Å²) in [6.45, 7) is 0.0710. The van der Waals surface area contributed by atoms with Crippen LogP contribution in [0.15, 0.2) is 60.7 Å². The molecule has 5 atom stereocenters. The van der Waals surface area contributed by atoms with Gasteiger partial charge in [0.05, 0.1) is 30.4 Å². The molecule has 3 aromatic rings. The van der Waals surface area contributed by atoms with Crippen molar-refractivity contribution in [3.05, 3.63) is 88.1 Å². The SMILES string of the molecule is COc1nc(Cl)cc2c1[C@]1(O)[C@H](O)[C@H](CN)[C@@H](c3ccccc3)[C@]1(c1ccccc1C#N)O2. The Morgan fingerprint density at radius 2 is 1.91 bits per heavy atom. The zero-order valence-corrected chi connectivity index (χ0v) is 18.5. The van der Waals surface area contributed by atoms with E-state index in [0.29, 0.717) is 11.1 Å². The van der Waals surface area contributed by atoms with Gasteiger partial charge in [-0.05, 0) is 18.2 Å². The van der Waals surface area contributed by atoms with Gasteiger partial charge in [-0.15, -0.1) is 0 Å². The number of nitriles is 1. The number of benzene rings is 2. The van der Waals surface area contributed by atoms with Crippen LogP contribution in [0, 0.1) is 17.2 Å². The fourth-order valence-electron chi connectivity index (χ4n) is 5.69. The van der Waals surface area contributed by atoms with Crippen molar-refractivity contribution < 1.29 is 19.7 Å². The van der Waals surface area contributed by atoms with Gasteiger partial charge >= 0.3 is 0 Å². The Bertz CT molecular complexity index is 1260. The average molecular weight is 464 g/mol. The molecule has 5 rings (SSSR count). The summed E-state index contributed by atoms with van der Waals surface area (Å²) in [7, 11) is 1.40. The molecule has 1 aliphatic heterocycles. The molecule has 0 amide bonds. The van der Waals surface area contributed by atoms with Crippen LogP contribution in [0.2, 0.25) is 5.15 Å². The normalized spacial score (nSPS) is 29.6. The number of fused-ring (bicyclic) bond motifs is 3. The number of nitrogens with two attached hydrogens (primary N) is 1. The lowest BCUT2D eigenvalue weighted by molar-refractivity contribution is -0.152. The molecule has 1 fully saturated rings. The number of aromatic nitrogens is 1. The molecule has 2 heterocycles. The van der Waals surface area contributed by atoms with E-state index in [9.17, 15) is 15.5 Å². The van der Waals surface area contributed by atoms with Crippen LogP contribution in [0.1, 0.15) is 28.2 Å². The molecule has 33 heavy (non-hydrogen) atoms. The van der Waals surface area contributed by atoms with E-state index < -0.39 is 29.1 Å². The minimum atomic E-state index is -2.03. The molecular formula is C25H22ClN3O4. The monoisotopic (exact) mass is 463 g/mol. The van der Waals surface area contributed by atoms with Crippen LogP contribution < -0.4 is 15.2 Å². The van der Waals surface area contributed by atoms with Crippen molar-refractivity contribution in [3.8, 4) is 17.7 Å². The van der Waals surface area contributed by atoms with E-state index in [1.165, 1.54) is 13.2 Å². The second-order valence-electron chi connectivity index (χ2n) is 8.32. The molecule has 2 aromatic carbocycles. The first-order chi connectivity index (χ1) is 15.9. The Kier molecular flexibility index (Phi) is 5.07. The lowest BCUT2D eigenvalue weighted by Crippen LogP contribution is -2.52. The van der Waals surface area contributed by atoms with Crippen molar-refractivity contribution in [1.82, 2.24) is 4.98 Å². The van der Waals surface area contributed by atoms with E-state index in [1.54, 1.807) is 24.3 Å². The Morgan fingerprint density at radius 3 is 2.58 bits per heavy atom. The molecular weight excluding hydrogens is 442 g/mol. The van der Waals surface area contributed by atoms with Crippen LogP contribution in [0.3, 0.4) is 0 Å². The summed E-state index contributed by atoms with van der Waals surface area (Å²) in [4.78, 5) is 4.22. The van der Waals surface area contributed by atoms with Crippen molar-refractivity contribution in [2.45, 2.75) is 23.2 Å². The van der Waals surface area contributed by atoms with Gasteiger partial charge in [0.15, 0.2) is 11.2 Å². The van der Waals surface area contributed by atoms with Gasteiger partial charge in [-0.25, -0.2) is 4.98 Å². The maximum absolute atomic E-state index is 12.5. The van der Waals surface area contributed by atoms with Crippen LogP contribution in [0.25, 0.3) is 0 Å². The molecule has 0 radical (unpaired) electrons. The number of nitrogens with zero attached hydrogens (tertiary/aromatic N) is 2. The summed E-state index contributed by atoms with van der Waals surface area (Å²) in [6.07, 6.45) is -1.35. The van der Waals surface area contributed by atoms with E-state index in [-0.39, 0.29) is 28.9 Å². The first-order valence-electron chi connectivity index (χ1n) is 10.5. The zero-order valence-electron chi connectivity index (χ0n) is 17.8. The number of aliphatic hydroxyl groups is 2. The van der Waals surface area contributed by atoms with Crippen LogP contribution in [0.5, 0.6) is 11.6 Å². The molecule has 0 unspecified atom stereocenters. The third kappa shape index (κ3) is 2.69. The lowest BCUT2D eigenvalue weighted by Gasteiger charge is -2.41. The lowest BCUT2D eigenvalue weighted by atomic mass is 9.69. The molecule has 0 spiro atoms. The van der Waals surface area contributed by atoms with Crippen LogP contribution in [-0.4, -0.2) is 35.0 Å². The highest BCUT2D eigenvalue weighted by molar-refractivity contribution is 6.29. The van der Waals surface area contributed by atoms with Gasteiger partial charge in [-0.3, -0.25) is 0 Å². The summed E-state index contributed by atoms with van der Waals surface area (Å²) in [5, 5.41) is 34.2. The van der Waals surface area contributed by atoms with Crippen LogP contribution in [-0.2, 0) is 11.2 Å². The Hall–Kier alpha value is -3.15. The van der Waals surface area contributed by atoms with Gasteiger partial charge in [0.1, 0.15) is 10.9 Å². The van der Waals surface area contributed by atoms with E-state index in [4.69, 9.17) is 26.8 Å². The molecule has 1 aromatic heterocycles. The fourth-order valence-corrected chi connectivity index (χ4v) is 5.86. The number of aliphatic hydroxyl groups excluding tert-OH is 1. The number of halogens is 1. The maximum Gasteiger partial charge on any atom is 0.224 e. The van der Waals surface area contributed by atoms with Crippen molar-refractivity contribution in [3.63, 3.8) is 0 Å². The highest BCUT2D eigenvalue weighted by Gasteiger charge is 2.77. The topological polar surface area (TPSA) is 122 Å². The molecule has 8 heteroatoms. The number of pyridine rings is 1. The fraction of sp³-hybridized carbons (Fsp3) is 0.280. The quantitative estimate of drug-likeness (QED) is 0.508. The van der Waals surface area contributed by atoms with E-state index >= 15 is 0 Å². The van der Waals surface area contributed by atoms with Gasteiger partial charge in [-0.2, -0.15) is 5.26 Å². The molecule has 0 bridgehead atoms. The van der Waals surface area contributed by atoms with Crippen molar-refractivity contribution in [2.75, 3.05) is 13.7 Å². The molecule has 7 nitrogen and oxygen atoms in total. The van der Waals surface area contributed by atoms with Gasteiger partial charge in [0, 0.05) is 23.5 Å². The minimum absolute atomic E-state index is 0.0415. The maximum atomic E-state index is 12.5. The molecule has 1 aliphatic carbocycles. The molecule has 0 saturated heterocycles. The summed E-state index contributed by atoms with van der Waals surface area (Å²) in [6, 6.07) is 20.0. The number of methoxy groups -OCH3 is 1. The van der Waals surface area contributed by atoms with Gasteiger partial charge in [0.2, 0.25) is 5.88 Å². The molecule has 168 valence electrons. The van der Waals surface area contributed by atoms with Gasteiger partial charge < -0.3 is 25.4 Å². The standard InChI is InChI=1S/C25H22ClN3O4/c1-32-23-21-18(11-19(26)29-23)33-25(17-10-6-5-9-15(17)12-27)20(14-7-3-2-4-8-14)16(13-28)22(30)24(21,25)31/h2-11,16,20,22,30-31H,13,28H2,1H3/t16-,20-,22-,24+,25+/m1/s1. The predicted octanol–water partition coefficient (Wildman–Crippen LogP) is 2.82. The highest BCUT2D eigenvalue weighted by Crippen LogP contribution is 2.69. The van der Waals surface area contributed by atoms with E-state index in [1.807, 2.05) is 30.3 Å². The molecule has 1 saturated carbocycles. The first kappa shape index (κ1) is 21.7. The third-order valence-electron chi connectivity index (χ3n) is 6.91. The number of rotatable bonds is 4. The molecule has 4 N–H and O–H groups in total. The highest BCUT2D eigenvalue weighted by atomic mass is 35.5. The Morgan fingerprint density at radius 1 is 1.21 bits per heavy atom. The smallest absolute Gasteiger partial charge is 0.224 e. The van der Waals surface area contributed by atoms with E-state index in [2.05, 4.69) is 11.1 Å². The third-order valence-corrected chi connectivity index (χ3v) is 7.10. The summed E-state index contributed by atoms with van der Waals surface area (Å²) in [5.41, 5.74) is 4.30. The first-order valence-corrected chi connectivity index (χ1v) is 10.9. The Balaban J connectivity index is 1.92. The van der Waals surface area contributed by atoms with E-state index in [0.717, 1.165) is 5.56 Å².